The van der Waals surface area contributed by atoms with Crippen molar-refractivity contribution in [1.82, 2.24) is 0 Å². The smallest absolute Gasteiger partial charge is 0.0619 e. The standard InChI is InChI=1S/C65H52/c1-39-19-14-34-55-57(39)61-56(36-35-54-60(61)48-26-10-13-31-51(48)64(54,6)7)65(55,42-22-15-20-40(37-42)44-27-17-32-52-58(44)46-24-8-11-29-49(46)62(52,2)3)43-23-16-21-41(38-43)45-28-18-33-53-59(45)47-25-9-12-30-50(47)63(53,4)5/h8-38H,1-7H3. The van der Waals surface area contributed by atoms with Gasteiger partial charge in [-0.2, -0.15) is 0 Å². The van der Waals surface area contributed by atoms with E-state index >= 15 is 0 Å². The summed E-state index contributed by atoms with van der Waals surface area (Å²) in [6, 6.07) is 72.5. The molecule has 9 aromatic rings. The van der Waals surface area contributed by atoms with Crippen molar-refractivity contribution in [2.75, 3.05) is 0 Å². The largest absolute Gasteiger partial charge is 0.0714 e. The van der Waals surface area contributed by atoms with Crippen LogP contribution in [0.25, 0.3) is 66.8 Å². The third-order valence-corrected chi connectivity index (χ3v) is 16.5. The van der Waals surface area contributed by atoms with Crippen LogP contribution >= 0.6 is 0 Å². The van der Waals surface area contributed by atoms with Gasteiger partial charge in [-0.25, -0.2) is 0 Å². The highest BCUT2D eigenvalue weighted by Crippen LogP contribution is 2.64. The normalized spacial score (nSPS) is 16.4. The third kappa shape index (κ3) is 4.82. The van der Waals surface area contributed by atoms with Crippen LogP contribution in [0.2, 0.25) is 0 Å². The lowest BCUT2D eigenvalue weighted by Crippen LogP contribution is -2.29. The first-order valence-electron chi connectivity index (χ1n) is 23.5. The van der Waals surface area contributed by atoms with Crippen LogP contribution in [0.1, 0.15) is 103 Å². The van der Waals surface area contributed by atoms with Gasteiger partial charge < -0.3 is 0 Å². The number of benzene rings is 9. The summed E-state index contributed by atoms with van der Waals surface area (Å²) in [4.78, 5) is 0. The molecule has 0 spiro atoms. The van der Waals surface area contributed by atoms with Gasteiger partial charge in [0.2, 0.25) is 0 Å². The zero-order valence-corrected chi connectivity index (χ0v) is 38.4. The molecule has 0 unspecified atom stereocenters. The number of hydrogen-bond donors (Lipinski definition) is 0. The highest BCUT2D eigenvalue weighted by molar-refractivity contribution is 6.02. The number of hydrogen-bond acceptors (Lipinski definition) is 0. The summed E-state index contributed by atoms with van der Waals surface area (Å²) in [6.07, 6.45) is 0. The van der Waals surface area contributed by atoms with E-state index in [-0.39, 0.29) is 16.2 Å². The fourth-order valence-corrected chi connectivity index (χ4v) is 13.4. The van der Waals surface area contributed by atoms with Crippen molar-refractivity contribution in [2.45, 2.75) is 70.1 Å². The molecule has 0 heteroatoms. The van der Waals surface area contributed by atoms with Crippen molar-refractivity contribution in [1.29, 1.82) is 0 Å². The zero-order valence-electron chi connectivity index (χ0n) is 38.4. The van der Waals surface area contributed by atoms with Gasteiger partial charge in [0.1, 0.15) is 0 Å². The SMILES string of the molecule is Cc1cccc2c1-c1c(ccc3c1-c1ccccc1C3(C)C)C2(c1cccc(-c2cccc3c2-c2ccccc2C3(C)C)c1)c1cccc(-c2cccc3c2-c2ccccc2C3(C)C)c1. The van der Waals surface area contributed by atoms with Crippen LogP contribution in [0.15, 0.2) is 188 Å². The number of fused-ring (bicyclic) bond motifs is 13. The van der Waals surface area contributed by atoms with Crippen LogP contribution in [-0.2, 0) is 21.7 Å². The fraction of sp³-hybridized carbons (Fsp3) is 0.169. The van der Waals surface area contributed by atoms with Crippen molar-refractivity contribution < 1.29 is 0 Å². The first-order chi connectivity index (χ1) is 31.4. The van der Waals surface area contributed by atoms with Gasteiger partial charge in [0.15, 0.2) is 0 Å². The quantitative estimate of drug-likeness (QED) is 0.166. The molecule has 0 bridgehead atoms. The minimum atomic E-state index is -0.621. The third-order valence-electron chi connectivity index (χ3n) is 16.5. The summed E-state index contributed by atoms with van der Waals surface area (Å²) in [5.41, 5.74) is 30.1. The molecule has 0 fully saturated rings. The van der Waals surface area contributed by atoms with Crippen molar-refractivity contribution in [3.63, 3.8) is 0 Å². The minimum Gasteiger partial charge on any atom is -0.0619 e. The van der Waals surface area contributed by atoms with Gasteiger partial charge in [-0.15, -0.1) is 0 Å². The molecule has 0 N–H and O–H groups in total. The highest BCUT2D eigenvalue weighted by atomic mass is 14.5. The Labute approximate surface area is 384 Å². The van der Waals surface area contributed by atoms with Crippen LogP contribution in [0.3, 0.4) is 0 Å². The maximum atomic E-state index is 2.54. The molecule has 0 aliphatic heterocycles. The second-order valence-electron chi connectivity index (χ2n) is 20.8. The molecule has 9 aromatic carbocycles. The molecule has 0 saturated carbocycles. The molecule has 4 aliphatic carbocycles. The molecule has 0 radical (unpaired) electrons. The molecule has 312 valence electrons. The van der Waals surface area contributed by atoms with Gasteiger partial charge in [0.25, 0.3) is 0 Å². The molecule has 0 saturated heterocycles. The predicted octanol–water partition coefficient (Wildman–Crippen LogP) is 16.6. The average Bonchev–Trinajstić information content (AvgIpc) is 3.94. The molecule has 65 heavy (non-hydrogen) atoms. The van der Waals surface area contributed by atoms with Gasteiger partial charge in [-0.1, -0.05) is 217 Å². The Hall–Kier alpha value is -7.02. The first kappa shape index (κ1) is 38.4. The molecule has 4 aliphatic rings. The molecule has 0 amide bonds. The Morgan fingerprint density at radius 1 is 0.262 bits per heavy atom. The van der Waals surface area contributed by atoms with Crippen LogP contribution < -0.4 is 0 Å². The monoisotopic (exact) mass is 832 g/mol. The van der Waals surface area contributed by atoms with Crippen LogP contribution in [0.5, 0.6) is 0 Å². The molecule has 0 aromatic heterocycles. The van der Waals surface area contributed by atoms with E-state index in [1.54, 1.807) is 0 Å². The first-order valence-corrected chi connectivity index (χ1v) is 23.5. The maximum Gasteiger partial charge on any atom is 0.0714 e. The molecule has 0 atom stereocenters. The molecule has 13 rings (SSSR count). The Morgan fingerprint density at radius 2 is 0.615 bits per heavy atom. The average molecular weight is 833 g/mol. The van der Waals surface area contributed by atoms with E-state index in [2.05, 4.69) is 237 Å². The van der Waals surface area contributed by atoms with Crippen molar-refractivity contribution in [3.05, 3.63) is 249 Å². The van der Waals surface area contributed by atoms with Gasteiger partial charge in [0.05, 0.1) is 5.41 Å². The number of aryl methyl sites for hydroxylation is 1. The van der Waals surface area contributed by atoms with E-state index in [4.69, 9.17) is 0 Å². The minimum absolute atomic E-state index is 0.0835. The Bertz CT molecular complexity index is 3380. The van der Waals surface area contributed by atoms with E-state index in [0.29, 0.717) is 0 Å². The van der Waals surface area contributed by atoms with Crippen LogP contribution in [0, 0.1) is 6.92 Å². The van der Waals surface area contributed by atoms with E-state index in [1.165, 1.54) is 128 Å². The maximum absolute atomic E-state index is 2.54. The Kier molecular flexibility index (Phi) is 7.72. The lowest BCUT2D eigenvalue weighted by atomic mass is 9.66. The molecular formula is C65H52. The van der Waals surface area contributed by atoms with Crippen LogP contribution in [0.4, 0.5) is 0 Å². The van der Waals surface area contributed by atoms with Gasteiger partial charge in [0, 0.05) is 16.2 Å². The summed E-state index contributed by atoms with van der Waals surface area (Å²) in [6.45, 7) is 16.7. The van der Waals surface area contributed by atoms with E-state index in [1.807, 2.05) is 0 Å². The van der Waals surface area contributed by atoms with Gasteiger partial charge in [-0.05, 0) is 147 Å². The second-order valence-corrected chi connectivity index (χ2v) is 20.8. The fourth-order valence-electron chi connectivity index (χ4n) is 13.4. The summed E-state index contributed by atoms with van der Waals surface area (Å²) in [7, 11) is 0. The topological polar surface area (TPSA) is 0 Å². The summed E-state index contributed by atoms with van der Waals surface area (Å²) in [5.74, 6) is 0. The zero-order chi connectivity index (χ0) is 44.2. The molecular weight excluding hydrogens is 781 g/mol. The Morgan fingerprint density at radius 3 is 1.12 bits per heavy atom. The highest BCUT2D eigenvalue weighted by Gasteiger charge is 2.50. The van der Waals surface area contributed by atoms with Crippen molar-refractivity contribution in [2.24, 2.45) is 0 Å². The van der Waals surface area contributed by atoms with E-state index in [0.717, 1.165) is 0 Å². The summed E-state index contributed by atoms with van der Waals surface area (Å²) < 4.78 is 0. The van der Waals surface area contributed by atoms with Gasteiger partial charge >= 0.3 is 0 Å². The lowest BCUT2D eigenvalue weighted by Gasteiger charge is -2.35. The van der Waals surface area contributed by atoms with Gasteiger partial charge in [-0.3, -0.25) is 0 Å². The number of rotatable bonds is 4. The lowest BCUT2D eigenvalue weighted by molar-refractivity contribution is 0.659. The van der Waals surface area contributed by atoms with E-state index < -0.39 is 5.41 Å². The van der Waals surface area contributed by atoms with Crippen LogP contribution in [-0.4, -0.2) is 0 Å². The van der Waals surface area contributed by atoms with E-state index in [9.17, 15) is 0 Å². The van der Waals surface area contributed by atoms with Crippen molar-refractivity contribution in [3.8, 4) is 66.8 Å². The summed E-state index contributed by atoms with van der Waals surface area (Å²) >= 11 is 0. The molecule has 0 heterocycles. The summed E-state index contributed by atoms with van der Waals surface area (Å²) in [5, 5.41) is 0. The predicted molar refractivity (Wildman–Crippen MR) is 272 cm³/mol. The Balaban J connectivity index is 1.13. The second kappa shape index (κ2) is 13.0. The molecule has 0 nitrogen and oxygen atoms in total. The van der Waals surface area contributed by atoms with Crippen molar-refractivity contribution >= 4 is 0 Å².